The summed E-state index contributed by atoms with van der Waals surface area (Å²) < 4.78 is 29.1. The molecule has 0 saturated heterocycles. The predicted octanol–water partition coefficient (Wildman–Crippen LogP) is 6.43. The molecule has 0 fully saturated rings. The molecule has 5 nitrogen and oxygen atoms in total. The number of aromatic carboxylic acids is 1. The average molecular weight is 474 g/mol. The van der Waals surface area contributed by atoms with Crippen LogP contribution >= 0.6 is 23.2 Å². The van der Waals surface area contributed by atoms with Gasteiger partial charge in [0, 0.05) is 29.6 Å². The van der Waals surface area contributed by atoms with Crippen molar-refractivity contribution >= 4 is 34.9 Å². The number of rotatable bonds is 6. The van der Waals surface area contributed by atoms with Gasteiger partial charge >= 0.3 is 5.97 Å². The van der Waals surface area contributed by atoms with E-state index in [0.29, 0.717) is 22.6 Å². The Labute approximate surface area is 191 Å². The highest BCUT2D eigenvalue weighted by Crippen LogP contribution is 2.29. The van der Waals surface area contributed by atoms with Gasteiger partial charge in [0.05, 0.1) is 27.0 Å². The molecule has 1 aromatic heterocycles. The summed E-state index contributed by atoms with van der Waals surface area (Å²) in [6, 6.07) is 15.1. The van der Waals surface area contributed by atoms with Crippen LogP contribution in [0.25, 0.3) is 16.9 Å². The fraction of sp³-hybridized carbons (Fsp3) is 0.0435. The van der Waals surface area contributed by atoms with Gasteiger partial charge in [0.1, 0.15) is 5.82 Å². The van der Waals surface area contributed by atoms with Crippen LogP contribution in [0.3, 0.4) is 0 Å². The summed E-state index contributed by atoms with van der Waals surface area (Å²) in [5, 5.41) is 16.6. The zero-order chi connectivity index (χ0) is 22.8. The van der Waals surface area contributed by atoms with Gasteiger partial charge in [-0.2, -0.15) is 5.10 Å². The van der Waals surface area contributed by atoms with Gasteiger partial charge in [-0.3, -0.25) is 0 Å². The largest absolute Gasteiger partial charge is 0.478 e. The van der Waals surface area contributed by atoms with E-state index in [1.165, 1.54) is 36.4 Å². The van der Waals surface area contributed by atoms with Crippen LogP contribution in [0.4, 0.5) is 14.5 Å². The molecule has 0 aliphatic rings. The summed E-state index contributed by atoms with van der Waals surface area (Å²) >= 11 is 11.7. The van der Waals surface area contributed by atoms with Crippen molar-refractivity contribution in [2.24, 2.45) is 0 Å². The van der Waals surface area contributed by atoms with Crippen LogP contribution in [0.1, 0.15) is 15.9 Å². The summed E-state index contributed by atoms with van der Waals surface area (Å²) in [5.74, 6) is -2.13. The Morgan fingerprint density at radius 3 is 2.34 bits per heavy atom. The first kappa shape index (κ1) is 21.8. The SMILES string of the molecule is O=C(O)c1ccc(-n2cc(CNc3cc(Cl)c(F)c(Cl)c3)c(-c3cccc(F)c3)n2)cc1. The van der Waals surface area contributed by atoms with Crippen molar-refractivity contribution in [3.8, 4) is 16.9 Å². The molecule has 0 unspecified atom stereocenters. The fourth-order valence-electron chi connectivity index (χ4n) is 3.16. The summed E-state index contributed by atoms with van der Waals surface area (Å²) in [4.78, 5) is 11.1. The Morgan fingerprint density at radius 1 is 1.03 bits per heavy atom. The predicted molar refractivity (Wildman–Crippen MR) is 120 cm³/mol. The van der Waals surface area contributed by atoms with Gasteiger partial charge in [0.2, 0.25) is 0 Å². The number of nitrogens with zero attached hydrogens (tertiary/aromatic N) is 2. The van der Waals surface area contributed by atoms with E-state index >= 15 is 0 Å². The summed E-state index contributed by atoms with van der Waals surface area (Å²) in [6.45, 7) is 0.261. The number of anilines is 1. The Bertz CT molecular complexity index is 1280. The molecular weight excluding hydrogens is 459 g/mol. The molecule has 162 valence electrons. The van der Waals surface area contributed by atoms with Crippen molar-refractivity contribution in [3.05, 3.63) is 99.7 Å². The molecule has 2 N–H and O–H groups in total. The van der Waals surface area contributed by atoms with E-state index in [9.17, 15) is 13.6 Å². The molecular formula is C23H15Cl2F2N3O2. The maximum absolute atomic E-state index is 13.8. The van der Waals surface area contributed by atoms with Crippen molar-refractivity contribution in [2.75, 3.05) is 5.32 Å². The smallest absolute Gasteiger partial charge is 0.335 e. The Kier molecular flexibility index (Phi) is 6.12. The van der Waals surface area contributed by atoms with Gasteiger partial charge in [-0.05, 0) is 48.5 Å². The number of hydrogen-bond acceptors (Lipinski definition) is 3. The lowest BCUT2D eigenvalue weighted by Crippen LogP contribution is -2.01. The van der Waals surface area contributed by atoms with Crippen molar-refractivity contribution < 1.29 is 18.7 Å². The van der Waals surface area contributed by atoms with Gasteiger partial charge in [-0.25, -0.2) is 18.3 Å². The summed E-state index contributed by atoms with van der Waals surface area (Å²) in [6.07, 6.45) is 1.75. The first-order chi connectivity index (χ1) is 15.3. The molecule has 0 radical (unpaired) electrons. The molecule has 1 heterocycles. The third-order valence-electron chi connectivity index (χ3n) is 4.73. The lowest BCUT2D eigenvalue weighted by atomic mass is 10.1. The molecule has 0 saturated carbocycles. The van der Waals surface area contributed by atoms with E-state index in [1.54, 1.807) is 35.1 Å². The molecule has 9 heteroatoms. The number of aromatic nitrogens is 2. The summed E-state index contributed by atoms with van der Waals surface area (Å²) in [5.41, 5.74) is 3.10. The topological polar surface area (TPSA) is 67.2 Å². The minimum Gasteiger partial charge on any atom is -0.478 e. The number of carboxylic acids is 1. The Morgan fingerprint density at radius 2 is 1.72 bits per heavy atom. The van der Waals surface area contributed by atoms with Crippen molar-refractivity contribution in [2.45, 2.75) is 6.54 Å². The van der Waals surface area contributed by atoms with Gasteiger partial charge < -0.3 is 10.4 Å². The number of nitrogens with one attached hydrogen (secondary N) is 1. The first-order valence-electron chi connectivity index (χ1n) is 9.38. The molecule has 32 heavy (non-hydrogen) atoms. The standard InChI is InChI=1S/C23H15Cl2F2N3O2/c24-19-9-17(10-20(25)21(19)27)28-11-15-12-30(18-6-4-13(5-7-18)23(31)32)29-22(15)14-2-1-3-16(26)8-14/h1-10,12,28H,11H2,(H,31,32). The maximum Gasteiger partial charge on any atom is 0.335 e. The van der Waals surface area contributed by atoms with Gasteiger partial charge in [0.25, 0.3) is 0 Å². The van der Waals surface area contributed by atoms with Crippen molar-refractivity contribution in [1.82, 2.24) is 9.78 Å². The molecule has 0 amide bonds. The van der Waals surface area contributed by atoms with Crippen LogP contribution in [0.15, 0.2) is 66.9 Å². The maximum atomic E-state index is 13.8. The average Bonchev–Trinajstić information content (AvgIpc) is 3.20. The van der Waals surface area contributed by atoms with Gasteiger partial charge in [0.15, 0.2) is 5.82 Å². The fourth-order valence-corrected chi connectivity index (χ4v) is 3.65. The highest BCUT2D eigenvalue weighted by molar-refractivity contribution is 6.35. The minimum atomic E-state index is -1.03. The zero-order valence-electron chi connectivity index (χ0n) is 16.3. The van der Waals surface area contributed by atoms with Crippen LogP contribution in [0.2, 0.25) is 10.0 Å². The van der Waals surface area contributed by atoms with Crippen molar-refractivity contribution in [3.63, 3.8) is 0 Å². The third kappa shape index (κ3) is 4.59. The van der Waals surface area contributed by atoms with Crippen LogP contribution in [-0.4, -0.2) is 20.9 Å². The second-order valence-electron chi connectivity index (χ2n) is 6.92. The molecule has 0 aliphatic carbocycles. The number of benzene rings is 3. The number of hydrogen-bond donors (Lipinski definition) is 2. The van der Waals surface area contributed by atoms with Crippen LogP contribution in [0.5, 0.6) is 0 Å². The monoisotopic (exact) mass is 473 g/mol. The van der Waals surface area contributed by atoms with Crippen LogP contribution < -0.4 is 5.32 Å². The quantitative estimate of drug-likeness (QED) is 0.316. The molecule has 0 bridgehead atoms. The molecule has 0 spiro atoms. The Hall–Kier alpha value is -3.42. The second kappa shape index (κ2) is 8.98. The first-order valence-corrected chi connectivity index (χ1v) is 10.1. The van der Waals surface area contributed by atoms with E-state index in [4.69, 9.17) is 28.3 Å². The van der Waals surface area contributed by atoms with Gasteiger partial charge in [-0.15, -0.1) is 0 Å². The highest BCUT2D eigenvalue weighted by Gasteiger charge is 2.15. The molecule has 4 rings (SSSR count). The molecule has 0 atom stereocenters. The lowest BCUT2D eigenvalue weighted by molar-refractivity contribution is 0.0697. The number of carboxylic acid groups (broad SMARTS) is 1. The molecule has 4 aromatic rings. The lowest BCUT2D eigenvalue weighted by Gasteiger charge is -2.09. The van der Waals surface area contributed by atoms with E-state index in [1.807, 2.05) is 0 Å². The minimum absolute atomic E-state index is 0.112. The third-order valence-corrected chi connectivity index (χ3v) is 5.28. The normalized spacial score (nSPS) is 10.9. The van der Waals surface area contributed by atoms with Crippen LogP contribution in [-0.2, 0) is 6.54 Å². The van der Waals surface area contributed by atoms with E-state index in [0.717, 1.165) is 5.56 Å². The van der Waals surface area contributed by atoms with Gasteiger partial charge in [-0.1, -0.05) is 35.3 Å². The molecule has 0 aliphatic heterocycles. The number of carbonyl (C=O) groups is 1. The van der Waals surface area contributed by atoms with E-state index < -0.39 is 17.6 Å². The van der Waals surface area contributed by atoms with Crippen molar-refractivity contribution in [1.29, 1.82) is 0 Å². The zero-order valence-corrected chi connectivity index (χ0v) is 17.8. The Balaban J connectivity index is 1.70. The molecule has 3 aromatic carbocycles. The van der Waals surface area contributed by atoms with E-state index in [-0.39, 0.29) is 22.2 Å². The van der Waals surface area contributed by atoms with Crippen LogP contribution in [0, 0.1) is 11.6 Å². The van der Waals surface area contributed by atoms with E-state index in [2.05, 4.69) is 10.4 Å². The summed E-state index contributed by atoms with van der Waals surface area (Å²) in [7, 11) is 0. The highest BCUT2D eigenvalue weighted by atomic mass is 35.5. The number of halogens is 4. The second-order valence-corrected chi connectivity index (χ2v) is 7.73.